The van der Waals surface area contributed by atoms with Crippen molar-refractivity contribution in [1.82, 2.24) is 24.9 Å². The van der Waals surface area contributed by atoms with Crippen LogP contribution in [-0.4, -0.2) is 74.3 Å². The first-order chi connectivity index (χ1) is 23.7. The third kappa shape index (κ3) is 5.34. The summed E-state index contributed by atoms with van der Waals surface area (Å²) in [7, 11) is 0. The normalized spacial score (nSPS) is 21.3. The summed E-state index contributed by atoms with van der Waals surface area (Å²) in [6, 6.07) is 7.76. The van der Waals surface area contributed by atoms with Crippen molar-refractivity contribution in [3.8, 4) is 0 Å². The number of halogens is 3. The molecule has 2 aromatic carbocycles. The fourth-order valence-corrected chi connectivity index (χ4v) is 7.24. The monoisotopic (exact) mass is 689 g/mol. The number of benzene rings is 2. The van der Waals surface area contributed by atoms with E-state index >= 15 is 0 Å². The van der Waals surface area contributed by atoms with E-state index in [1.165, 1.54) is 6.07 Å². The number of imide groups is 2. The average molecular weight is 690 g/mol. The molecule has 3 fully saturated rings. The van der Waals surface area contributed by atoms with Gasteiger partial charge in [-0.15, -0.1) is 0 Å². The van der Waals surface area contributed by atoms with Crippen LogP contribution in [0.1, 0.15) is 88.5 Å². The third-order valence-electron chi connectivity index (χ3n) is 10.5. The highest BCUT2D eigenvalue weighted by Crippen LogP contribution is 2.46. The lowest BCUT2D eigenvalue weighted by molar-refractivity contribution is -0.138. The van der Waals surface area contributed by atoms with Gasteiger partial charge in [0.25, 0.3) is 17.7 Å². The van der Waals surface area contributed by atoms with Crippen LogP contribution in [-0.2, 0) is 39.2 Å². The number of carbonyl (C=O) groups excluding carboxylic acids is 5. The van der Waals surface area contributed by atoms with Crippen LogP contribution in [0.2, 0.25) is 0 Å². The van der Waals surface area contributed by atoms with E-state index < -0.39 is 46.9 Å². The van der Waals surface area contributed by atoms with Crippen LogP contribution in [0, 0.1) is 0 Å². The maximum atomic E-state index is 13.5. The van der Waals surface area contributed by atoms with E-state index in [1.54, 1.807) is 36.7 Å². The van der Waals surface area contributed by atoms with Gasteiger partial charge in [0.15, 0.2) is 0 Å². The molecule has 50 heavy (non-hydrogen) atoms. The summed E-state index contributed by atoms with van der Waals surface area (Å²) >= 11 is 0. The lowest BCUT2D eigenvalue weighted by atomic mass is 10.0. The highest BCUT2D eigenvalue weighted by Gasteiger charge is 2.46. The predicted octanol–water partition coefficient (Wildman–Crippen LogP) is 3.76. The summed E-state index contributed by atoms with van der Waals surface area (Å²) < 4.78 is 41.7. The lowest BCUT2D eigenvalue weighted by Crippen LogP contribution is -2.58. The van der Waals surface area contributed by atoms with Gasteiger partial charge in [-0.2, -0.15) is 18.3 Å². The number of anilines is 2. The summed E-state index contributed by atoms with van der Waals surface area (Å²) in [5.74, 6) is -2.52. The zero-order valence-electron chi connectivity index (χ0n) is 27.3. The number of amides is 5. The largest absolute Gasteiger partial charge is 0.416 e. The van der Waals surface area contributed by atoms with Crippen molar-refractivity contribution in [3.05, 3.63) is 76.1 Å². The summed E-state index contributed by atoms with van der Waals surface area (Å²) in [4.78, 5) is 69.1. The topological polar surface area (TPSA) is 137 Å². The van der Waals surface area contributed by atoms with Crippen LogP contribution in [0.4, 0.5) is 24.5 Å². The molecule has 1 atom stereocenters. The number of carbonyl (C=O) groups is 5. The molecule has 1 aromatic heterocycles. The number of alkyl halides is 3. The second-order valence-electron chi connectivity index (χ2n) is 14.3. The Labute approximate surface area is 284 Å². The van der Waals surface area contributed by atoms with Gasteiger partial charge in [0.2, 0.25) is 11.8 Å². The zero-order valence-corrected chi connectivity index (χ0v) is 27.3. The SMILES string of the molecule is CC(C)(C(=O)Nc1ccc(C(F)(F)F)cc1C1CC1)n1cc2c(n1)CN(C1CN(c3ccc4c(c3)C(=O)N(C3CCC(=O)NC3=O)C4=O)C1)C2. The smallest absolute Gasteiger partial charge is 0.368 e. The summed E-state index contributed by atoms with van der Waals surface area (Å²) in [5, 5.41) is 9.82. The van der Waals surface area contributed by atoms with Gasteiger partial charge in [-0.25, -0.2) is 0 Å². The van der Waals surface area contributed by atoms with Crippen molar-refractivity contribution < 1.29 is 37.1 Å². The molecule has 2 saturated heterocycles. The number of nitrogens with zero attached hydrogens (tertiary/aromatic N) is 5. The lowest BCUT2D eigenvalue weighted by Gasteiger charge is -2.45. The van der Waals surface area contributed by atoms with Crippen molar-refractivity contribution in [3.63, 3.8) is 0 Å². The molecule has 1 unspecified atom stereocenters. The van der Waals surface area contributed by atoms with Crippen LogP contribution < -0.4 is 15.5 Å². The third-order valence-corrected chi connectivity index (χ3v) is 10.5. The molecule has 260 valence electrons. The van der Waals surface area contributed by atoms with Crippen LogP contribution in [0.15, 0.2) is 42.6 Å². The molecule has 5 heterocycles. The summed E-state index contributed by atoms with van der Waals surface area (Å²) in [6.07, 6.45) is -0.873. The van der Waals surface area contributed by atoms with Gasteiger partial charge in [0.1, 0.15) is 11.6 Å². The summed E-state index contributed by atoms with van der Waals surface area (Å²) in [5.41, 5.74) is 2.19. The fourth-order valence-electron chi connectivity index (χ4n) is 7.24. The fraction of sp³-hybridized carbons (Fsp3) is 0.429. The number of rotatable bonds is 7. The van der Waals surface area contributed by atoms with E-state index in [1.807, 2.05) is 6.20 Å². The number of fused-ring (bicyclic) bond motifs is 2. The van der Waals surface area contributed by atoms with Crippen molar-refractivity contribution >= 4 is 40.9 Å². The van der Waals surface area contributed by atoms with E-state index in [4.69, 9.17) is 5.10 Å². The molecule has 5 amide bonds. The molecule has 3 aromatic rings. The molecule has 0 radical (unpaired) electrons. The van der Waals surface area contributed by atoms with Gasteiger partial charge in [0, 0.05) is 61.8 Å². The van der Waals surface area contributed by atoms with Gasteiger partial charge in [-0.05, 0) is 81.0 Å². The summed E-state index contributed by atoms with van der Waals surface area (Å²) in [6.45, 7) is 6.05. The first-order valence-corrected chi connectivity index (χ1v) is 16.6. The number of aromatic nitrogens is 2. The Hall–Kier alpha value is -5.05. The molecule has 12 nitrogen and oxygen atoms in total. The maximum Gasteiger partial charge on any atom is 0.416 e. The van der Waals surface area contributed by atoms with Gasteiger partial charge in [-0.1, -0.05) is 0 Å². The number of hydrogen-bond acceptors (Lipinski definition) is 8. The molecular formula is C35H34F3N7O5. The van der Waals surface area contributed by atoms with Crippen LogP contribution in [0.25, 0.3) is 0 Å². The molecule has 5 aliphatic rings. The molecular weight excluding hydrogens is 655 g/mol. The van der Waals surface area contributed by atoms with E-state index in [0.717, 1.165) is 46.8 Å². The van der Waals surface area contributed by atoms with Crippen LogP contribution in [0.5, 0.6) is 0 Å². The molecule has 1 aliphatic carbocycles. The number of piperidine rings is 1. The van der Waals surface area contributed by atoms with E-state index in [0.29, 0.717) is 37.4 Å². The Balaban J connectivity index is 0.892. The molecule has 2 N–H and O–H groups in total. The molecule has 0 spiro atoms. The predicted molar refractivity (Wildman–Crippen MR) is 172 cm³/mol. The van der Waals surface area contributed by atoms with Gasteiger partial charge in [0.05, 0.1) is 22.4 Å². The molecule has 1 saturated carbocycles. The second-order valence-corrected chi connectivity index (χ2v) is 14.3. The number of hydrogen-bond donors (Lipinski definition) is 2. The Morgan fingerprint density at radius 1 is 0.940 bits per heavy atom. The quantitative estimate of drug-likeness (QED) is 0.358. The molecule has 8 rings (SSSR count). The Morgan fingerprint density at radius 3 is 2.36 bits per heavy atom. The molecule has 0 bridgehead atoms. The van der Waals surface area contributed by atoms with E-state index in [-0.39, 0.29) is 41.8 Å². The van der Waals surface area contributed by atoms with Crippen LogP contribution >= 0.6 is 0 Å². The minimum atomic E-state index is -4.46. The number of nitrogens with one attached hydrogen (secondary N) is 2. The first-order valence-electron chi connectivity index (χ1n) is 16.6. The maximum absolute atomic E-state index is 13.5. The zero-order chi connectivity index (χ0) is 35.3. The standard InChI is InChI=1S/C35H34F3N7O5/c1-34(2,33(50)39-26-8-5-20(35(36,37)38)11-24(26)18-3-4-18)44-14-19-13-42(17-27(19)41-44)22-15-43(16-22)21-6-7-23-25(12-21)32(49)45(31(23)48)28-9-10-29(46)40-30(28)47/h5-8,11-12,14,18,22,28H,3-4,9-10,13,15-17H2,1-2H3,(H,39,50)(H,40,46,47). The Morgan fingerprint density at radius 2 is 1.68 bits per heavy atom. The minimum Gasteiger partial charge on any atom is -0.368 e. The van der Waals surface area contributed by atoms with Gasteiger partial charge in [-0.3, -0.25) is 43.8 Å². The second kappa shape index (κ2) is 11.2. The minimum absolute atomic E-state index is 0.00220. The Kier molecular flexibility index (Phi) is 7.23. The highest BCUT2D eigenvalue weighted by molar-refractivity contribution is 6.23. The van der Waals surface area contributed by atoms with Gasteiger partial charge >= 0.3 is 6.18 Å². The van der Waals surface area contributed by atoms with Crippen LogP contribution in [0.3, 0.4) is 0 Å². The van der Waals surface area contributed by atoms with E-state index in [2.05, 4.69) is 20.4 Å². The molecule has 4 aliphatic heterocycles. The van der Waals surface area contributed by atoms with Crippen molar-refractivity contribution in [2.75, 3.05) is 23.3 Å². The highest BCUT2D eigenvalue weighted by atomic mass is 19.4. The molecule has 15 heteroatoms. The van der Waals surface area contributed by atoms with Gasteiger partial charge < -0.3 is 10.2 Å². The van der Waals surface area contributed by atoms with Crippen molar-refractivity contribution in [1.29, 1.82) is 0 Å². The van der Waals surface area contributed by atoms with Crippen molar-refractivity contribution in [2.24, 2.45) is 0 Å². The average Bonchev–Trinajstić information content (AvgIpc) is 3.62. The van der Waals surface area contributed by atoms with E-state index in [9.17, 15) is 37.1 Å². The first kappa shape index (κ1) is 32.2. The van der Waals surface area contributed by atoms with Crippen molar-refractivity contribution in [2.45, 2.75) is 82.3 Å². The Bertz CT molecular complexity index is 1970.